The Bertz CT molecular complexity index is 647. The van der Waals surface area contributed by atoms with Crippen molar-refractivity contribution in [2.45, 2.75) is 52.7 Å². The predicted molar refractivity (Wildman–Crippen MR) is 92.1 cm³/mol. The first-order valence-corrected chi connectivity index (χ1v) is 8.04. The van der Waals surface area contributed by atoms with E-state index in [1.807, 2.05) is 6.92 Å². The van der Waals surface area contributed by atoms with Crippen LogP contribution in [-0.4, -0.2) is 41.2 Å². The summed E-state index contributed by atoms with van der Waals surface area (Å²) in [7, 11) is 0. The molecule has 0 aliphatic carbocycles. The van der Waals surface area contributed by atoms with Crippen LogP contribution in [0.1, 0.15) is 50.5 Å². The Kier molecular flexibility index (Phi) is 6.97. The maximum Gasteiger partial charge on any atom is 0.408 e. The molecule has 0 aromatic heterocycles. The SMILES string of the molecule is CCc1cc(C(=O)C(C)NC(=O)OC(C)(C)C)ccc1OCC(=O)O. The van der Waals surface area contributed by atoms with E-state index in [2.05, 4.69) is 5.32 Å². The van der Waals surface area contributed by atoms with Gasteiger partial charge in [-0.25, -0.2) is 9.59 Å². The first-order chi connectivity index (χ1) is 11.5. The second kappa shape index (κ2) is 8.50. The Hall–Kier alpha value is -2.57. The van der Waals surface area contributed by atoms with Crippen LogP contribution in [-0.2, 0) is 16.0 Å². The van der Waals surface area contributed by atoms with Crippen molar-refractivity contribution in [3.63, 3.8) is 0 Å². The van der Waals surface area contributed by atoms with Crippen LogP contribution in [0.5, 0.6) is 5.75 Å². The van der Waals surface area contributed by atoms with E-state index in [1.54, 1.807) is 45.9 Å². The maximum absolute atomic E-state index is 12.5. The summed E-state index contributed by atoms with van der Waals surface area (Å²) >= 11 is 0. The molecule has 1 rings (SSSR count). The van der Waals surface area contributed by atoms with Gasteiger partial charge < -0.3 is 19.9 Å². The van der Waals surface area contributed by atoms with E-state index in [0.29, 0.717) is 17.7 Å². The number of rotatable bonds is 7. The molecule has 7 heteroatoms. The summed E-state index contributed by atoms with van der Waals surface area (Å²) in [5.41, 5.74) is 0.477. The van der Waals surface area contributed by atoms with Crippen LogP contribution < -0.4 is 10.1 Å². The van der Waals surface area contributed by atoms with Crippen molar-refractivity contribution in [3.05, 3.63) is 29.3 Å². The van der Waals surface area contributed by atoms with Crippen LogP contribution in [0.2, 0.25) is 0 Å². The van der Waals surface area contributed by atoms with E-state index in [-0.39, 0.29) is 5.78 Å². The molecule has 0 bridgehead atoms. The van der Waals surface area contributed by atoms with Gasteiger partial charge in [0.1, 0.15) is 11.4 Å². The zero-order valence-electron chi connectivity index (χ0n) is 15.2. The van der Waals surface area contributed by atoms with Gasteiger partial charge in [-0.3, -0.25) is 4.79 Å². The third-order valence-electron chi connectivity index (χ3n) is 3.20. The maximum atomic E-state index is 12.5. The minimum atomic E-state index is -1.07. The average Bonchev–Trinajstić information content (AvgIpc) is 2.49. The van der Waals surface area contributed by atoms with Crippen molar-refractivity contribution >= 4 is 17.8 Å². The van der Waals surface area contributed by atoms with Crippen molar-refractivity contribution in [2.24, 2.45) is 0 Å². The predicted octanol–water partition coefficient (Wildman–Crippen LogP) is 2.81. The number of aryl methyl sites for hydroxylation is 1. The summed E-state index contributed by atoms with van der Waals surface area (Å²) in [6, 6.07) is 4.00. The summed E-state index contributed by atoms with van der Waals surface area (Å²) < 4.78 is 10.3. The molecular weight excluding hydrogens is 326 g/mol. The minimum absolute atomic E-state index is 0.273. The molecule has 1 aromatic rings. The van der Waals surface area contributed by atoms with Crippen molar-refractivity contribution in [2.75, 3.05) is 6.61 Å². The molecule has 1 amide bonds. The van der Waals surface area contributed by atoms with E-state index < -0.39 is 30.3 Å². The van der Waals surface area contributed by atoms with Crippen LogP contribution in [0, 0.1) is 0 Å². The zero-order chi connectivity index (χ0) is 19.2. The molecule has 2 N–H and O–H groups in total. The van der Waals surface area contributed by atoms with Crippen LogP contribution in [0.15, 0.2) is 18.2 Å². The molecule has 7 nitrogen and oxygen atoms in total. The molecule has 0 radical (unpaired) electrons. The molecule has 0 aliphatic rings. The Morgan fingerprint density at radius 1 is 1.24 bits per heavy atom. The number of ether oxygens (including phenoxy) is 2. The second-order valence-corrected chi connectivity index (χ2v) is 6.59. The highest BCUT2D eigenvalue weighted by Gasteiger charge is 2.22. The molecule has 0 aliphatic heterocycles. The Labute approximate surface area is 147 Å². The molecule has 138 valence electrons. The number of benzene rings is 1. The standard InChI is InChI=1S/C18H25NO6/c1-6-12-9-13(7-8-14(12)24-10-15(20)21)16(22)11(2)19-17(23)25-18(3,4)5/h7-9,11H,6,10H2,1-5H3,(H,19,23)(H,20,21). The fourth-order valence-corrected chi connectivity index (χ4v) is 2.09. The third kappa shape index (κ3) is 6.82. The lowest BCUT2D eigenvalue weighted by atomic mass is 10.0. The Morgan fingerprint density at radius 3 is 2.40 bits per heavy atom. The molecule has 1 aromatic carbocycles. The lowest BCUT2D eigenvalue weighted by Crippen LogP contribution is -2.41. The lowest BCUT2D eigenvalue weighted by molar-refractivity contribution is -0.139. The molecule has 0 fully saturated rings. The number of carbonyl (C=O) groups is 3. The summed E-state index contributed by atoms with van der Waals surface area (Å²) in [5.74, 6) is -0.920. The van der Waals surface area contributed by atoms with Crippen LogP contribution in [0.3, 0.4) is 0 Å². The van der Waals surface area contributed by atoms with Gasteiger partial charge in [0.25, 0.3) is 0 Å². The number of ketones is 1. The molecule has 1 unspecified atom stereocenters. The van der Waals surface area contributed by atoms with Gasteiger partial charge in [0.15, 0.2) is 12.4 Å². The average molecular weight is 351 g/mol. The largest absolute Gasteiger partial charge is 0.482 e. The number of amides is 1. The normalized spacial score (nSPS) is 12.2. The first-order valence-electron chi connectivity index (χ1n) is 8.04. The van der Waals surface area contributed by atoms with Gasteiger partial charge in [0.2, 0.25) is 0 Å². The number of alkyl carbamates (subject to hydrolysis) is 1. The molecule has 0 saturated heterocycles. The lowest BCUT2D eigenvalue weighted by Gasteiger charge is -2.21. The summed E-state index contributed by atoms with van der Waals surface area (Å²) in [6.45, 7) is 8.22. The quantitative estimate of drug-likeness (QED) is 0.733. The van der Waals surface area contributed by atoms with Crippen LogP contribution >= 0.6 is 0 Å². The highest BCUT2D eigenvalue weighted by atomic mass is 16.6. The molecule has 0 spiro atoms. The number of carbonyl (C=O) groups excluding carboxylic acids is 2. The summed E-state index contributed by atoms with van der Waals surface area (Å²) in [5, 5.41) is 11.2. The molecule has 0 saturated carbocycles. The van der Waals surface area contributed by atoms with Crippen molar-refractivity contribution in [1.29, 1.82) is 0 Å². The van der Waals surface area contributed by atoms with Gasteiger partial charge in [0.05, 0.1) is 6.04 Å². The number of aliphatic carboxylic acids is 1. The smallest absolute Gasteiger partial charge is 0.408 e. The molecule has 25 heavy (non-hydrogen) atoms. The van der Waals surface area contributed by atoms with Gasteiger partial charge >= 0.3 is 12.1 Å². The van der Waals surface area contributed by atoms with E-state index in [1.165, 1.54) is 0 Å². The van der Waals surface area contributed by atoms with E-state index >= 15 is 0 Å². The fraction of sp³-hybridized carbons (Fsp3) is 0.500. The van der Waals surface area contributed by atoms with Crippen molar-refractivity contribution in [1.82, 2.24) is 5.32 Å². The number of hydrogen-bond acceptors (Lipinski definition) is 5. The zero-order valence-corrected chi connectivity index (χ0v) is 15.2. The number of carboxylic acids is 1. The second-order valence-electron chi connectivity index (χ2n) is 6.59. The summed E-state index contributed by atoms with van der Waals surface area (Å²) in [6.07, 6.45) is -0.0882. The highest BCUT2D eigenvalue weighted by Crippen LogP contribution is 2.22. The van der Waals surface area contributed by atoms with Gasteiger partial charge in [0, 0.05) is 5.56 Å². The van der Waals surface area contributed by atoms with E-state index in [0.717, 1.165) is 5.56 Å². The minimum Gasteiger partial charge on any atom is -0.482 e. The monoisotopic (exact) mass is 351 g/mol. The van der Waals surface area contributed by atoms with Gasteiger partial charge in [-0.1, -0.05) is 6.92 Å². The summed E-state index contributed by atoms with van der Waals surface area (Å²) in [4.78, 5) is 34.9. The Balaban J connectivity index is 2.83. The topological polar surface area (TPSA) is 102 Å². The van der Waals surface area contributed by atoms with Gasteiger partial charge in [-0.2, -0.15) is 0 Å². The molecular formula is C18H25NO6. The number of nitrogens with one attached hydrogen (secondary N) is 1. The fourth-order valence-electron chi connectivity index (χ4n) is 2.09. The van der Waals surface area contributed by atoms with E-state index in [9.17, 15) is 14.4 Å². The molecule has 1 atom stereocenters. The number of carboxylic acid groups (broad SMARTS) is 1. The van der Waals surface area contributed by atoms with E-state index in [4.69, 9.17) is 14.6 Å². The van der Waals surface area contributed by atoms with Crippen LogP contribution in [0.4, 0.5) is 4.79 Å². The van der Waals surface area contributed by atoms with Crippen molar-refractivity contribution < 1.29 is 29.0 Å². The highest BCUT2D eigenvalue weighted by molar-refractivity contribution is 6.01. The number of Topliss-reactive ketones (excluding diaryl/α,β-unsaturated/α-hetero) is 1. The van der Waals surface area contributed by atoms with Crippen molar-refractivity contribution in [3.8, 4) is 5.75 Å². The van der Waals surface area contributed by atoms with Crippen LogP contribution in [0.25, 0.3) is 0 Å². The van der Waals surface area contributed by atoms with Gasteiger partial charge in [-0.05, 0) is 57.9 Å². The van der Waals surface area contributed by atoms with Gasteiger partial charge in [-0.15, -0.1) is 0 Å². The Morgan fingerprint density at radius 2 is 1.88 bits per heavy atom. The third-order valence-corrected chi connectivity index (χ3v) is 3.20. The number of hydrogen-bond donors (Lipinski definition) is 2. The first kappa shape index (κ1) is 20.5. The molecule has 0 heterocycles.